The Balaban J connectivity index is 0.000001000. The second-order valence-electron chi connectivity index (χ2n) is 4.79. The minimum absolute atomic E-state index is 0. The number of para-hydroxylation sites is 1. The molecule has 0 amide bonds. The fourth-order valence-corrected chi connectivity index (χ4v) is 2.88. The largest absolute Gasteiger partial charge is 0.454 e. The highest BCUT2D eigenvalue weighted by atomic mass is 35.5. The fraction of sp³-hybridized carbons (Fsp3) is 0.571. The van der Waals surface area contributed by atoms with Crippen molar-refractivity contribution in [3.8, 4) is 11.5 Å². The summed E-state index contributed by atoms with van der Waals surface area (Å²) in [6.07, 6.45) is 1.10. The van der Waals surface area contributed by atoms with Gasteiger partial charge in [0.05, 0.1) is 0 Å². The topological polar surface area (TPSA) is 33.7 Å². The third kappa shape index (κ3) is 3.31. The van der Waals surface area contributed by atoms with Crippen LogP contribution < -0.4 is 14.8 Å². The lowest BCUT2D eigenvalue weighted by atomic mass is 10.0. The van der Waals surface area contributed by atoms with E-state index in [0.29, 0.717) is 12.8 Å². The van der Waals surface area contributed by atoms with Crippen molar-refractivity contribution in [2.45, 2.75) is 19.4 Å². The molecule has 2 heterocycles. The molecular formula is C14H22Cl2N2O2. The molecule has 2 aliphatic heterocycles. The number of piperazine rings is 1. The van der Waals surface area contributed by atoms with Crippen molar-refractivity contribution in [3.05, 3.63) is 23.8 Å². The molecule has 1 fully saturated rings. The molecule has 4 nitrogen and oxygen atoms in total. The van der Waals surface area contributed by atoms with Gasteiger partial charge in [0.25, 0.3) is 0 Å². The summed E-state index contributed by atoms with van der Waals surface area (Å²) in [4.78, 5) is 2.54. The van der Waals surface area contributed by atoms with E-state index in [9.17, 15) is 0 Å². The molecule has 0 aliphatic carbocycles. The first-order chi connectivity index (χ1) is 8.90. The zero-order valence-electron chi connectivity index (χ0n) is 11.6. The van der Waals surface area contributed by atoms with E-state index in [1.54, 1.807) is 0 Å². The van der Waals surface area contributed by atoms with Gasteiger partial charge in [-0.3, -0.25) is 4.90 Å². The van der Waals surface area contributed by atoms with Crippen molar-refractivity contribution < 1.29 is 9.47 Å². The van der Waals surface area contributed by atoms with Crippen molar-refractivity contribution in [2.75, 3.05) is 33.0 Å². The van der Waals surface area contributed by atoms with E-state index in [4.69, 9.17) is 9.47 Å². The summed E-state index contributed by atoms with van der Waals surface area (Å²) in [6, 6.07) is 6.65. The second kappa shape index (κ2) is 7.93. The normalized spacial score (nSPS) is 18.9. The molecular weight excluding hydrogens is 299 g/mol. The second-order valence-corrected chi connectivity index (χ2v) is 4.79. The molecule has 6 heteroatoms. The van der Waals surface area contributed by atoms with Gasteiger partial charge in [-0.1, -0.05) is 19.1 Å². The zero-order chi connectivity index (χ0) is 12.4. The summed E-state index contributed by atoms with van der Waals surface area (Å²) in [5.74, 6) is 1.84. The summed E-state index contributed by atoms with van der Waals surface area (Å²) in [6.45, 7) is 6.93. The van der Waals surface area contributed by atoms with Gasteiger partial charge in [0.2, 0.25) is 6.79 Å². The molecule has 0 saturated carbocycles. The predicted octanol–water partition coefficient (Wildman–Crippen LogP) is 2.62. The summed E-state index contributed by atoms with van der Waals surface area (Å²) in [5, 5.41) is 3.40. The van der Waals surface area contributed by atoms with Crippen LogP contribution in [0, 0.1) is 0 Å². The SMILES string of the molecule is CC[C@@H](c1cccc2c1OCO2)N1CCNCC1.Cl.Cl. The number of halogens is 2. The Morgan fingerprint density at radius 1 is 1.20 bits per heavy atom. The Morgan fingerprint density at radius 3 is 2.65 bits per heavy atom. The van der Waals surface area contributed by atoms with Gasteiger partial charge in [-0.15, -0.1) is 24.8 Å². The minimum Gasteiger partial charge on any atom is -0.454 e. The van der Waals surface area contributed by atoms with E-state index in [-0.39, 0.29) is 24.8 Å². The summed E-state index contributed by atoms with van der Waals surface area (Å²) >= 11 is 0. The van der Waals surface area contributed by atoms with Gasteiger partial charge in [-0.25, -0.2) is 0 Å². The predicted molar refractivity (Wildman–Crippen MR) is 84.5 cm³/mol. The zero-order valence-corrected chi connectivity index (χ0v) is 13.3. The fourth-order valence-electron chi connectivity index (χ4n) is 2.88. The van der Waals surface area contributed by atoms with Gasteiger partial charge < -0.3 is 14.8 Å². The van der Waals surface area contributed by atoms with Crippen LogP contribution in [0.3, 0.4) is 0 Å². The molecule has 3 rings (SSSR count). The van der Waals surface area contributed by atoms with Crippen molar-refractivity contribution in [3.63, 3.8) is 0 Å². The average molecular weight is 321 g/mol. The van der Waals surface area contributed by atoms with E-state index in [2.05, 4.69) is 29.3 Å². The molecule has 0 unspecified atom stereocenters. The van der Waals surface area contributed by atoms with E-state index >= 15 is 0 Å². The maximum absolute atomic E-state index is 5.64. The van der Waals surface area contributed by atoms with Gasteiger partial charge in [0.15, 0.2) is 11.5 Å². The highest BCUT2D eigenvalue weighted by Gasteiger charge is 2.27. The van der Waals surface area contributed by atoms with Crippen molar-refractivity contribution in [1.82, 2.24) is 10.2 Å². The van der Waals surface area contributed by atoms with Gasteiger partial charge in [-0.05, 0) is 12.5 Å². The smallest absolute Gasteiger partial charge is 0.231 e. The molecule has 114 valence electrons. The average Bonchev–Trinajstić information content (AvgIpc) is 2.90. The minimum atomic E-state index is 0. The number of hydrogen-bond acceptors (Lipinski definition) is 4. The Morgan fingerprint density at radius 2 is 1.95 bits per heavy atom. The first-order valence-electron chi connectivity index (χ1n) is 6.73. The van der Waals surface area contributed by atoms with Crippen molar-refractivity contribution >= 4 is 24.8 Å². The maximum atomic E-state index is 5.64. The molecule has 0 radical (unpaired) electrons. The third-order valence-corrected chi connectivity index (χ3v) is 3.77. The summed E-state index contributed by atoms with van der Waals surface area (Å²) in [7, 11) is 0. The molecule has 0 spiro atoms. The van der Waals surface area contributed by atoms with Gasteiger partial charge in [0, 0.05) is 37.8 Å². The quantitative estimate of drug-likeness (QED) is 0.928. The number of hydrogen-bond donors (Lipinski definition) is 1. The van der Waals surface area contributed by atoms with Gasteiger partial charge in [0.1, 0.15) is 0 Å². The van der Waals surface area contributed by atoms with E-state index in [0.717, 1.165) is 44.1 Å². The van der Waals surface area contributed by atoms with Gasteiger partial charge in [-0.2, -0.15) is 0 Å². The lowest BCUT2D eigenvalue weighted by Gasteiger charge is -2.35. The van der Waals surface area contributed by atoms with Crippen LogP contribution in [0.1, 0.15) is 24.9 Å². The molecule has 1 N–H and O–H groups in total. The van der Waals surface area contributed by atoms with Crippen LogP contribution in [-0.2, 0) is 0 Å². The maximum Gasteiger partial charge on any atom is 0.231 e. The van der Waals surface area contributed by atoms with E-state index < -0.39 is 0 Å². The monoisotopic (exact) mass is 320 g/mol. The summed E-state index contributed by atoms with van der Waals surface area (Å²) in [5.41, 5.74) is 1.27. The van der Waals surface area contributed by atoms with Crippen LogP contribution in [0.15, 0.2) is 18.2 Å². The van der Waals surface area contributed by atoms with Crippen LogP contribution in [0.2, 0.25) is 0 Å². The van der Waals surface area contributed by atoms with Crippen molar-refractivity contribution in [1.29, 1.82) is 0 Å². The highest BCUT2D eigenvalue weighted by molar-refractivity contribution is 5.85. The third-order valence-electron chi connectivity index (χ3n) is 3.77. The van der Waals surface area contributed by atoms with Crippen LogP contribution in [-0.4, -0.2) is 37.9 Å². The molecule has 20 heavy (non-hydrogen) atoms. The van der Waals surface area contributed by atoms with Crippen LogP contribution in [0.25, 0.3) is 0 Å². The molecule has 1 atom stereocenters. The molecule has 0 bridgehead atoms. The summed E-state index contributed by atoms with van der Waals surface area (Å²) < 4.78 is 11.1. The molecule has 0 aromatic heterocycles. The number of fused-ring (bicyclic) bond motifs is 1. The van der Waals surface area contributed by atoms with E-state index in [1.165, 1.54) is 5.56 Å². The number of rotatable bonds is 3. The van der Waals surface area contributed by atoms with Crippen LogP contribution in [0.5, 0.6) is 11.5 Å². The molecule has 2 aliphatic rings. The number of nitrogens with one attached hydrogen (secondary N) is 1. The lowest BCUT2D eigenvalue weighted by Crippen LogP contribution is -2.45. The first kappa shape index (κ1) is 17.4. The van der Waals surface area contributed by atoms with Crippen molar-refractivity contribution in [2.24, 2.45) is 0 Å². The molecule has 1 saturated heterocycles. The number of ether oxygens (including phenoxy) is 2. The Bertz CT molecular complexity index is 426. The lowest BCUT2D eigenvalue weighted by molar-refractivity contribution is 0.156. The van der Waals surface area contributed by atoms with E-state index in [1.807, 2.05) is 6.07 Å². The Hall–Kier alpha value is -0.680. The van der Waals surface area contributed by atoms with Crippen LogP contribution >= 0.6 is 24.8 Å². The molecule has 1 aromatic rings. The standard InChI is InChI=1S/C14H20N2O2.2ClH/c1-2-12(16-8-6-15-7-9-16)11-4-3-5-13-14(11)18-10-17-13;;/h3-5,12,15H,2,6-10H2,1H3;2*1H/t12-;;/m0../s1. The number of nitrogens with zero attached hydrogens (tertiary/aromatic N) is 1. The highest BCUT2D eigenvalue weighted by Crippen LogP contribution is 2.41. The first-order valence-corrected chi connectivity index (χ1v) is 6.73. The van der Waals surface area contributed by atoms with Crippen LogP contribution in [0.4, 0.5) is 0 Å². The molecule has 1 aromatic carbocycles. The Labute approximate surface area is 132 Å². The number of benzene rings is 1. The Kier molecular flexibility index (Phi) is 6.89. The van der Waals surface area contributed by atoms with Gasteiger partial charge >= 0.3 is 0 Å².